The van der Waals surface area contributed by atoms with Crippen molar-refractivity contribution in [1.82, 2.24) is 4.72 Å². The molecule has 0 aliphatic carbocycles. The van der Waals surface area contributed by atoms with E-state index < -0.39 is 10.0 Å². The molecule has 1 aromatic rings. The minimum atomic E-state index is -3.61. The van der Waals surface area contributed by atoms with Gasteiger partial charge in [0, 0.05) is 0 Å². The summed E-state index contributed by atoms with van der Waals surface area (Å²) in [5.41, 5.74) is 0. The zero-order valence-corrected chi connectivity index (χ0v) is 13.4. The highest BCUT2D eigenvalue weighted by Crippen LogP contribution is 2.28. The molecule has 0 bridgehead atoms. The monoisotopic (exact) mass is 325 g/mol. The molecule has 0 fully saturated rings. The van der Waals surface area contributed by atoms with E-state index in [1.165, 1.54) is 11.0 Å². The molecule has 0 heterocycles. The van der Waals surface area contributed by atoms with Gasteiger partial charge in [0.1, 0.15) is 4.90 Å². The van der Waals surface area contributed by atoms with E-state index in [0.29, 0.717) is 6.54 Å². The van der Waals surface area contributed by atoms with E-state index in [0.717, 1.165) is 19.6 Å². The molecule has 1 rings (SSSR count). The Bertz CT molecular complexity index is 516. The first-order valence-electron chi connectivity index (χ1n) is 6.19. The van der Waals surface area contributed by atoms with Crippen molar-refractivity contribution in [2.45, 2.75) is 18.7 Å². The molecular weight excluding hydrogens is 307 g/mol. The van der Waals surface area contributed by atoms with Gasteiger partial charge in [0.05, 0.1) is 36.2 Å². The highest BCUT2D eigenvalue weighted by Gasteiger charge is 2.19. The van der Waals surface area contributed by atoms with E-state index >= 15 is 0 Å². The van der Waals surface area contributed by atoms with Gasteiger partial charge < -0.3 is 4.90 Å². The quantitative estimate of drug-likeness (QED) is 0.791. The molecule has 0 atom stereocenters. The van der Waals surface area contributed by atoms with Crippen LogP contribution in [0.2, 0.25) is 10.0 Å². The van der Waals surface area contributed by atoms with Crippen molar-refractivity contribution < 1.29 is 13.3 Å². The van der Waals surface area contributed by atoms with Crippen LogP contribution < -0.4 is 9.62 Å². The predicted molar refractivity (Wildman–Crippen MR) is 78.6 cm³/mol. The zero-order chi connectivity index (χ0) is 14.5. The summed E-state index contributed by atoms with van der Waals surface area (Å²) in [7, 11) is -3.61. The largest absolute Gasteiger partial charge is 0.334 e. The Labute approximate surface area is 124 Å². The Kier molecular flexibility index (Phi) is 6.56. The summed E-state index contributed by atoms with van der Waals surface area (Å²) in [5.74, 6) is 0. The lowest BCUT2D eigenvalue weighted by Crippen LogP contribution is -3.12. The van der Waals surface area contributed by atoms with Crippen molar-refractivity contribution in [2.75, 3.05) is 26.2 Å². The third kappa shape index (κ3) is 4.61. The fourth-order valence-corrected chi connectivity index (χ4v) is 3.53. The Morgan fingerprint density at radius 3 is 2.42 bits per heavy atom. The molecule has 0 unspecified atom stereocenters. The lowest BCUT2D eigenvalue weighted by molar-refractivity contribution is -0.895. The molecule has 108 valence electrons. The molecule has 0 saturated heterocycles. The second-order valence-corrected chi connectivity index (χ2v) is 6.68. The SMILES string of the molecule is CC[NH+](CC)CCNS(=O)(=O)c1cccc(Cl)c1Cl. The van der Waals surface area contributed by atoms with Crippen LogP contribution in [0.4, 0.5) is 0 Å². The van der Waals surface area contributed by atoms with Crippen molar-refractivity contribution >= 4 is 33.2 Å². The van der Waals surface area contributed by atoms with Gasteiger partial charge in [-0.2, -0.15) is 0 Å². The topological polar surface area (TPSA) is 50.6 Å². The number of hydrogen-bond donors (Lipinski definition) is 2. The Balaban J connectivity index is 2.74. The minimum absolute atomic E-state index is 0.0243. The highest BCUT2D eigenvalue weighted by molar-refractivity contribution is 7.89. The maximum Gasteiger partial charge on any atom is 0.242 e. The first-order chi connectivity index (χ1) is 8.92. The molecule has 0 radical (unpaired) electrons. The van der Waals surface area contributed by atoms with E-state index in [1.54, 1.807) is 12.1 Å². The smallest absolute Gasteiger partial charge is 0.242 e. The highest BCUT2D eigenvalue weighted by atomic mass is 35.5. The van der Waals surface area contributed by atoms with Crippen LogP contribution in [-0.4, -0.2) is 34.6 Å². The fraction of sp³-hybridized carbons (Fsp3) is 0.500. The Morgan fingerprint density at radius 2 is 1.84 bits per heavy atom. The number of likely N-dealkylation sites (N-methyl/N-ethyl adjacent to an activating group) is 1. The van der Waals surface area contributed by atoms with Gasteiger partial charge in [0.15, 0.2) is 0 Å². The molecular formula is C12H19Cl2N2O2S+. The number of halogens is 2. The maximum absolute atomic E-state index is 12.1. The van der Waals surface area contributed by atoms with E-state index in [4.69, 9.17) is 23.2 Å². The van der Waals surface area contributed by atoms with E-state index in [1.807, 2.05) is 0 Å². The van der Waals surface area contributed by atoms with Gasteiger partial charge in [0.25, 0.3) is 0 Å². The number of sulfonamides is 1. The summed E-state index contributed by atoms with van der Waals surface area (Å²) in [6.07, 6.45) is 0. The van der Waals surface area contributed by atoms with Crippen molar-refractivity contribution in [1.29, 1.82) is 0 Å². The van der Waals surface area contributed by atoms with Gasteiger partial charge in [-0.25, -0.2) is 13.1 Å². The van der Waals surface area contributed by atoms with Crippen LogP contribution in [0, 0.1) is 0 Å². The normalized spacial score (nSPS) is 12.1. The summed E-state index contributed by atoms with van der Waals surface area (Å²) in [5, 5.41) is 0.297. The molecule has 0 saturated carbocycles. The maximum atomic E-state index is 12.1. The summed E-state index contributed by atoms with van der Waals surface area (Å²) < 4.78 is 26.8. The van der Waals surface area contributed by atoms with E-state index in [-0.39, 0.29) is 14.9 Å². The van der Waals surface area contributed by atoms with Crippen LogP contribution in [0.1, 0.15) is 13.8 Å². The molecule has 7 heteroatoms. The second kappa shape index (κ2) is 7.45. The Hall–Kier alpha value is -0.330. The zero-order valence-electron chi connectivity index (χ0n) is 11.0. The average Bonchev–Trinajstić information content (AvgIpc) is 2.37. The molecule has 0 aromatic heterocycles. The average molecular weight is 326 g/mol. The molecule has 0 aliphatic rings. The van der Waals surface area contributed by atoms with E-state index in [2.05, 4.69) is 18.6 Å². The van der Waals surface area contributed by atoms with Gasteiger partial charge >= 0.3 is 0 Å². The molecule has 19 heavy (non-hydrogen) atoms. The molecule has 2 N–H and O–H groups in total. The summed E-state index contributed by atoms with van der Waals surface area (Å²) in [4.78, 5) is 1.36. The fourth-order valence-electron chi connectivity index (χ4n) is 1.74. The Morgan fingerprint density at radius 1 is 1.21 bits per heavy atom. The second-order valence-electron chi connectivity index (χ2n) is 4.16. The van der Waals surface area contributed by atoms with Crippen LogP contribution in [0.3, 0.4) is 0 Å². The van der Waals surface area contributed by atoms with Gasteiger partial charge in [0.2, 0.25) is 10.0 Å². The number of nitrogens with one attached hydrogen (secondary N) is 2. The third-order valence-electron chi connectivity index (χ3n) is 2.98. The van der Waals surface area contributed by atoms with Crippen molar-refractivity contribution in [2.24, 2.45) is 0 Å². The molecule has 0 aliphatic heterocycles. The van der Waals surface area contributed by atoms with Gasteiger partial charge in [-0.15, -0.1) is 0 Å². The van der Waals surface area contributed by atoms with Crippen LogP contribution in [-0.2, 0) is 10.0 Å². The van der Waals surface area contributed by atoms with Gasteiger partial charge in [-0.3, -0.25) is 0 Å². The van der Waals surface area contributed by atoms with Crippen LogP contribution in [0.5, 0.6) is 0 Å². The van der Waals surface area contributed by atoms with Gasteiger partial charge in [-0.1, -0.05) is 29.3 Å². The molecule has 4 nitrogen and oxygen atoms in total. The van der Waals surface area contributed by atoms with Crippen molar-refractivity contribution in [3.05, 3.63) is 28.2 Å². The first kappa shape index (κ1) is 16.7. The minimum Gasteiger partial charge on any atom is -0.334 e. The number of hydrogen-bond acceptors (Lipinski definition) is 2. The predicted octanol–water partition coefficient (Wildman–Crippen LogP) is 1.20. The lowest BCUT2D eigenvalue weighted by atomic mass is 10.4. The summed E-state index contributed by atoms with van der Waals surface area (Å²) in [6, 6.07) is 4.57. The molecule has 1 aromatic carbocycles. The number of rotatable bonds is 7. The van der Waals surface area contributed by atoms with Crippen LogP contribution >= 0.6 is 23.2 Å². The summed E-state index contributed by atoms with van der Waals surface area (Å²) in [6.45, 7) is 7.20. The number of quaternary nitrogens is 1. The van der Waals surface area contributed by atoms with Crippen LogP contribution in [0.15, 0.2) is 23.1 Å². The van der Waals surface area contributed by atoms with Gasteiger partial charge in [-0.05, 0) is 26.0 Å². The lowest BCUT2D eigenvalue weighted by Gasteiger charge is -2.15. The summed E-state index contributed by atoms with van der Waals surface area (Å²) >= 11 is 11.7. The first-order valence-corrected chi connectivity index (χ1v) is 8.43. The standard InChI is InChI=1S/C12H18Cl2N2O2S/c1-3-16(4-2)9-8-15-19(17,18)11-7-5-6-10(13)12(11)14/h5-7,15H,3-4,8-9H2,1-2H3/p+1. The molecule has 0 amide bonds. The van der Waals surface area contributed by atoms with Crippen LogP contribution in [0.25, 0.3) is 0 Å². The van der Waals surface area contributed by atoms with Crippen molar-refractivity contribution in [3.8, 4) is 0 Å². The molecule has 0 spiro atoms. The van der Waals surface area contributed by atoms with Crippen molar-refractivity contribution in [3.63, 3.8) is 0 Å². The third-order valence-corrected chi connectivity index (χ3v) is 5.41. The van der Waals surface area contributed by atoms with E-state index in [9.17, 15) is 8.42 Å². The number of benzene rings is 1.